The lowest BCUT2D eigenvalue weighted by Gasteiger charge is -2.12. The monoisotopic (exact) mass is 298 g/mol. The molecular weight excluding hydrogens is 276 g/mol. The molecule has 0 aliphatic rings. The Bertz CT molecular complexity index is 876. The number of nitrogens with one attached hydrogen (secondary N) is 2. The Labute approximate surface area is 129 Å². The van der Waals surface area contributed by atoms with Gasteiger partial charge >= 0.3 is 0 Å². The molecule has 0 saturated carbocycles. The Morgan fingerprint density at radius 2 is 2.18 bits per heavy atom. The molecule has 5 nitrogen and oxygen atoms in total. The van der Waals surface area contributed by atoms with Crippen molar-refractivity contribution >= 4 is 21.8 Å². The van der Waals surface area contributed by atoms with E-state index in [9.17, 15) is 4.79 Å². The number of fused-ring (bicyclic) bond motifs is 3. The SMILES string of the molecule is CCc1ccc2c(c1)c1n[nH]c(C)c1c(=O)n2CCCNC. The summed E-state index contributed by atoms with van der Waals surface area (Å²) in [5.74, 6) is 0. The van der Waals surface area contributed by atoms with Crippen LogP contribution in [0.25, 0.3) is 21.8 Å². The summed E-state index contributed by atoms with van der Waals surface area (Å²) in [6.45, 7) is 5.65. The molecule has 3 rings (SSSR count). The summed E-state index contributed by atoms with van der Waals surface area (Å²) in [4.78, 5) is 12.9. The molecule has 0 saturated heterocycles. The highest BCUT2D eigenvalue weighted by atomic mass is 16.1. The summed E-state index contributed by atoms with van der Waals surface area (Å²) in [5, 5.41) is 12.2. The van der Waals surface area contributed by atoms with E-state index in [0.717, 1.165) is 41.5 Å². The third-order valence-corrected chi connectivity index (χ3v) is 4.23. The fourth-order valence-electron chi connectivity index (χ4n) is 2.99. The first kappa shape index (κ1) is 14.8. The average molecular weight is 298 g/mol. The Morgan fingerprint density at radius 1 is 1.36 bits per heavy atom. The van der Waals surface area contributed by atoms with Gasteiger partial charge in [-0.25, -0.2) is 0 Å². The Morgan fingerprint density at radius 3 is 2.91 bits per heavy atom. The largest absolute Gasteiger partial charge is 0.320 e. The smallest absolute Gasteiger partial charge is 0.262 e. The molecule has 2 N–H and O–H groups in total. The zero-order valence-corrected chi connectivity index (χ0v) is 13.4. The second kappa shape index (κ2) is 5.93. The maximum atomic E-state index is 12.9. The molecule has 0 atom stereocenters. The van der Waals surface area contributed by atoms with Crippen LogP contribution in [0, 0.1) is 6.92 Å². The standard InChI is InChI=1S/C17H22N4O/c1-4-12-6-7-14-13(10-12)16-15(11(2)19-20-16)17(22)21(14)9-5-8-18-3/h6-7,10,18H,4-5,8-9H2,1-3H3,(H,19,20). The third kappa shape index (κ3) is 2.31. The van der Waals surface area contributed by atoms with Crippen LogP contribution < -0.4 is 10.9 Å². The summed E-state index contributed by atoms with van der Waals surface area (Å²) in [6.07, 6.45) is 1.89. The molecule has 2 aromatic heterocycles. The van der Waals surface area contributed by atoms with E-state index in [-0.39, 0.29) is 5.56 Å². The van der Waals surface area contributed by atoms with E-state index in [2.05, 4.69) is 40.6 Å². The first-order valence-electron chi connectivity index (χ1n) is 7.82. The highest BCUT2D eigenvalue weighted by Gasteiger charge is 2.15. The molecule has 0 fully saturated rings. The number of benzene rings is 1. The van der Waals surface area contributed by atoms with Gasteiger partial charge < -0.3 is 9.88 Å². The Balaban J connectivity index is 2.32. The van der Waals surface area contributed by atoms with Crippen LogP contribution in [0.4, 0.5) is 0 Å². The maximum absolute atomic E-state index is 12.9. The lowest BCUT2D eigenvalue weighted by molar-refractivity contribution is 0.615. The van der Waals surface area contributed by atoms with Crippen molar-refractivity contribution in [2.75, 3.05) is 13.6 Å². The van der Waals surface area contributed by atoms with Gasteiger partial charge in [-0.1, -0.05) is 13.0 Å². The van der Waals surface area contributed by atoms with Gasteiger partial charge in [0, 0.05) is 17.6 Å². The number of aromatic nitrogens is 3. The third-order valence-electron chi connectivity index (χ3n) is 4.23. The second-order valence-electron chi connectivity index (χ2n) is 5.69. The summed E-state index contributed by atoms with van der Waals surface area (Å²) < 4.78 is 1.89. The number of aromatic amines is 1. The van der Waals surface area contributed by atoms with Crippen LogP contribution in [0.3, 0.4) is 0 Å². The Kier molecular flexibility index (Phi) is 3.98. The van der Waals surface area contributed by atoms with Gasteiger partial charge in [-0.15, -0.1) is 0 Å². The van der Waals surface area contributed by atoms with E-state index in [0.29, 0.717) is 11.9 Å². The molecule has 0 bridgehead atoms. The van der Waals surface area contributed by atoms with E-state index in [4.69, 9.17) is 0 Å². The van der Waals surface area contributed by atoms with Gasteiger partial charge in [0.2, 0.25) is 0 Å². The first-order chi connectivity index (χ1) is 10.7. The fraction of sp³-hybridized carbons (Fsp3) is 0.412. The van der Waals surface area contributed by atoms with E-state index in [1.54, 1.807) is 0 Å². The van der Waals surface area contributed by atoms with Crippen molar-refractivity contribution in [3.63, 3.8) is 0 Å². The number of aryl methyl sites for hydroxylation is 3. The lowest BCUT2D eigenvalue weighted by Crippen LogP contribution is -2.23. The van der Waals surface area contributed by atoms with Crippen molar-refractivity contribution < 1.29 is 0 Å². The molecule has 0 aliphatic heterocycles. The summed E-state index contributed by atoms with van der Waals surface area (Å²) in [7, 11) is 1.93. The predicted octanol–water partition coefficient (Wildman–Crippen LogP) is 2.36. The molecule has 0 unspecified atom stereocenters. The summed E-state index contributed by atoms with van der Waals surface area (Å²) in [5.41, 5.74) is 3.91. The van der Waals surface area contributed by atoms with E-state index >= 15 is 0 Å². The van der Waals surface area contributed by atoms with Crippen molar-refractivity contribution in [1.82, 2.24) is 20.1 Å². The minimum Gasteiger partial charge on any atom is -0.320 e. The number of hydrogen-bond donors (Lipinski definition) is 2. The van der Waals surface area contributed by atoms with Crippen LogP contribution in [-0.2, 0) is 13.0 Å². The molecule has 5 heteroatoms. The van der Waals surface area contributed by atoms with Crippen LogP contribution in [0.1, 0.15) is 24.6 Å². The molecule has 0 spiro atoms. The number of nitrogens with zero attached hydrogens (tertiary/aromatic N) is 2. The highest BCUT2D eigenvalue weighted by Crippen LogP contribution is 2.24. The molecule has 2 heterocycles. The van der Waals surface area contributed by atoms with Gasteiger partial charge in [-0.2, -0.15) is 5.10 Å². The molecule has 0 amide bonds. The van der Waals surface area contributed by atoms with Crippen LogP contribution in [0.2, 0.25) is 0 Å². The topological polar surface area (TPSA) is 62.7 Å². The quantitative estimate of drug-likeness (QED) is 0.711. The maximum Gasteiger partial charge on any atom is 0.262 e. The zero-order valence-electron chi connectivity index (χ0n) is 13.4. The van der Waals surface area contributed by atoms with Crippen LogP contribution >= 0.6 is 0 Å². The van der Waals surface area contributed by atoms with Crippen molar-refractivity contribution in [3.8, 4) is 0 Å². The lowest BCUT2D eigenvalue weighted by atomic mass is 10.1. The Hall–Kier alpha value is -2.14. The molecule has 0 aliphatic carbocycles. The van der Waals surface area contributed by atoms with E-state index in [1.807, 2.05) is 18.5 Å². The van der Waals surface area contributed by atoms with Crippen LogP contribution in [0.15, 0.2) is 23.0 Å². The van der Waals surface area contributed by atoms with Gasteiger partial charge in [0.05, 0.1) is 10.9 Å². The van der Waals surface area contributed by atoms with E-state index in [1.165, 1.54) is 5.56 Å². The van der Waals surface area contributed by atoms with Gasteiger partial charge in [-0.05, 0) is 51.1 Å². The molecule has 3 aromatic rings. The van der Waals surface area contributed by atoms with Crippen LogP contribution in [0.5, 0.6) is 0 Å². The highest BCUT2D eigenvalue weighted by molar-refractivity contribution is 6.04. The number of pyridine rings is 1. The van der Waals surface area contributed by atoms with Gasteiger partial charge in [0.1, 0.15) is 5.52 Å². The van der Waals surface area contributed by atoms with Crippen molar-refractivity contribution in [2.24, 2.45) is 0 Å². The number of rotatable bonds is 5. The number of H-pyrrole nitrogens is 1. The summed E-state index contributed by atoms with van der Waals surface area (Å²) >= 11 is 0. The van der Waals surface area contributed by atoms with Crippen molar-refractivity contribution in [3.05, 3.63) is 39.8 Å². The molecular formula is C17H22N4O. The zero-order chi connectivity index (χ0) is 15.7. The predicted molar refractivity (Wildman–Crippen MR) is 90.5 cm³/mol. The number of hydrogen-bond acceptors (Lipinski definition) is 3. The van der Waals surface area contributed by atoms with Gasteiger partial charge in [-0.3, -0.25) is 9.89 Å². The minimum atomic E-state index is 0.0501. The van der Waals surface area contributed by atoms with Gasteiger partial charge in [0.15, 0.2) is 0 Å². The second-order valence-corrected chi connectivity index (χ2v) is 5.69. The first-order valence-corrected chi connectivity index (χ1v) is 7.82. The van der Waals surface area contributed by atoms with E-state index < -0.39 is 0 Å². The molecule has 0 radical (unpaired) electrons. The molecule has 22 heavy (non-hydrogen) atoms. The molecule has 1 aromatic carbocycles. The average Bonchev–Trinajstić information content (AvgIpc) is 2.92. The summed E-state index contributed by atoms with van der Waals surface area (Å²) in [6, 6.07) is 6.31. The van der Waals surface area contributed by atoms with Crippen molar-refractivity contribution in [1.29, 1.82) is 0 Å². The normalized spacial score (nSPS) is 11.6. The van der Waals surface area contributed by atoms with Crippen molar-refractivity contribution in [2.45, 2.75) is 33.2 Å². The molecule has 116 valence electrons. The van der Waals surface area contributed by atoms with Crippen LogP contribution in [-0.4, -0.2) is 28.4 Å². The fourth-order valence-corrected chi connectivity index (χ4v) is 2.99. The van der Waals surface area contributed by atoms with Gasteiger partial charge in [0.25, 0.3) is 5.56 Å². The minimum absolute atomic E-state index is 0.0501.